The van der Waals surface area contributed by atoms with Crippen molar-refractivity contribution in [1.29, 1.82) is 0 Å². The first-order valence-electron chi connectivity index (χ1n) is 12.9. The molecule has 0 heterocycles. The summed E-state index contributed by atoms with van der Waals surface area (Å²) in [5.74, 6) is 3.83. The van der Waals surface area contributed by atoms with E-state index in [4.69, 9.17) is 4.43 Å². The van der Waals surface area contributed by atoms with Crippen molar-refractivity contribution in [3.8, 4) is 11.5 Å². The SMILES string of the molecule is CC(C)(C)[Si](OC/[C](=[C](/C#C[Si](C)(C)C)[Sn]([CH3])([CH3])[CH3])[Sn]([CH3])([CH3])[CH3])(c1ccccc1)c1ccccc1. The van der Waals surface area contributed by atoms with Crippen LogP contribution in [-0.4, -0.2) is 59.8 Å². The molecule has 0 bridgehead atoms. The van der Waals surface area contributed by atoms with Crippen LogP contribution in [0.15, 0.2) is 67.8 Å². The second kappa shape index (κ2) is 11.6. The van der Waals surface area contributed by atoms with Gasteiger partial charge in [0.1, 0.15) is 0 Å². The van der Waals surface area contributed by atoms with E-state index in [-0.39, 0.29) is 5.04 Å². The summed E-state index contributed by atoms with van der Waals surface area (Å²) in [6.45, 7) is 14.9. The summed E-state index contributed by atoms with van der Waals surface area (Å²) < 4.78 is 10.6. The molecule has 2 aromatic rings. The Morgan fingerprint density at radius 3 is 1.49 bits per heavy atom. The van der Waals surface area contributed by atoms with Crippen molar-refractivity contribution in [3.63, 3.8) is 0 Å². The average molecular weight is 718 g/mol. The quantitative estimate of drug-likeness (QED) is 0.213. The Balaban J connectivity index is 2.81. The standard InChI is InChI=1S/C24H30OSi2.6CH3.2Sn/c1-24(2,3)27(22-16-10-7-11-17-22,23-18-12-8-13-19-23)25-20-14-9-15-21-26(4,5)6;;;;;;;;/h7-8,10-13,16-19H,20H2,1-6H3;6*1H3;;. The minimum atomic E-state index is -2.57. The van der Waals surface area contributed by atoms with Gasteiger partial charge < -0.3 is 0 Å². The van der Waals surface area contributed by atoms with Crippen LogP contribution in [0.1, 0.15) is 20.8 Å². The number of hydrogen-bond donors (Lipinski definition) is 0. The Bertz CT molecular complexity index is 1030. The molecule has 0 unspecified atom stereocenters. The first-order valence-corrected chi connectivity index (χ1v) is 38.3. The molecule has 35 heavy (non-hydrogen) atoms. The minimum absolute atomic E-state index is 0.0105. The molecular weight excluding hydrogens is 670 g/mol. The molecule has 1 nitrogen and oxygen atoms in total. The third kappa shape index (κ3) is 8.11. The van der Waals surface area contributed by atoms with Gasteiger partial charge in [0.2, 0.25) is 0 Å². The molecule has 0 saturated heterocycles. The van der Waals surface area contributed by atoms with Gasteiger partial charge in [0.15, 0.2) is 0 Å². The van der Waals surface area contributed by atoms with Crippen LogP contribution in [0.25, 0.3) is 0 Å². The van der Waals surface area contributed by atoms with Crippen molar-refractivity contribution in [2.45, 2.75) is 75.1 Å². The van der Waals surface area contributed by atoms with E-state index in [9.17, 15) is 0 Å². The van der Waals surface area contributed by atoms with Gasteiger partial charge in [-0.15, -0.1) is 0 Å². The van der Waals surface area contributed by atoms with E-state index in [1.54, 1.807) is 7.18 Å². The Kier molecular flexibility index (Phi) is 10.3. The van der Waals surface area contributed by atoms with Crippen LogP contribution >= 0.6 is 0 Å². The zero-order valence-electron chi connectivity index (χ0n) is 24.4. The fourth-order valence-corrected chi connectivity index (χ4v) is 32.5. The number of hydrogen-bond acceptors (Lipinski definition) is 1. The van der Waals surface area contributed by atoms with Crippen LogP contribution < -0.4 is 10.4 Å². The zero-order chi connectivity index (χ0) is 26.7. The summed E-state index contributed by atoms with van der Waals surface area (Å²) in [6, 6.07) is 22.1. The van der Waals surface area contributed by atoms with Gasteiger partial charge in [0.05, 0.1) is 0 Å². The summed E-state index contributed by atoms with van der Waals surface area (Å²) >= 11 is -5.02. The van der Waals surface area contributed by atoms with Gasteiger partial charge in [-0.25, -0.2) is 0 Å². The van der Waals surface area contributed by atoms with Crippen LogP contribution in [-0.2, 0) is 4.43 Å². The van der Waals surface area contributed by atoms with E-state index in [1.807, 2.05) is 0 Å². The molecule has 0 radical (unpaired) electrons. The molecule has 5 heteroatoms. The molecular formula is C30H48OSi2Sn2. The fourth-order valence-electron chi connectivity index (χ4n) is 4.57. The average Bonchev–Trinajstić information content (AvgIpc) is 2.71. The molecule has 0 spiro atoms. The van der Waals surface area contributed by atoms with Crippen LogP contribution in [0.5, 0.6) is 0 Å². The Labute approximate surface area is 227 Å². The van der Waals surface area contributed by atoms with E-state index < -0.39 is 53.1 Å². The van der Waals surface area contributed by atoms with Crippen molar-refractivity contribution in [2.24, 2.45) is 0 Å². The van der Waals surface area contributed by atoms with Crippen LogP contribution in [0.3, 0.4) is 0 Å². The van der Waals surface area contributed by atoms with Gasteiger partial charge in [0.25, 0.3) is 0 Å². The maximum absolute atomic E-state index is 7.47. The van der Waals surface area contributed by atoms with Crippen molar-refractivity contribution >= 4 is 63.5 Å². The van der Waals surface area contributed by atoms with Crippen LogP contribution in [0.4, 0.5) is 0 Å². The summed E-state index contributed by atoms with van der Waals surface area (Å²) in [5, 5.41) is 2.70. The van der Waals surface area contributed by atoms with Gasteiger partial charge in [-0.1, -0.05) is 0 Å². The normalized spacial score (nSPS) is 14.2. The van der Waals surface area contributed by atoms with Crippen molar-refractivity contribution in [2.75, 3.05) is 6.61 Å². The molecule has 0 aromatic heterocycles. The Morgan fingerprint density at radius 2 is 1.17 bits per heavy atom. The molecule has 0 aliphatic heterocycles. The topological polar surface area (TPSA) is 9.23 Å². The van der Waals surface area contributed by atoms with Crippen molar-refractivity contribution in [1.82, 2.24) is 0 Å². The first kappa shape index (κ1) is 31.0. The number of benzene rings is 2. The number of allylic oxidation sites excluding steroid dienone is 1. The Hall–Kier alpha value is -0.269. The molecule has 0 saturated carbocycles. The van der Waals surface area contributed by atoms with E-state index in [2.05, 4.69) is 142 Å². The van der Waals surface area contributed by atoms with E-state index >= 15 is 0 Å². The summed E-state index contributed by atoms with van der Waals surface area (Å²) in [7, 11) is -4.04. The fraction of sp³-hybridized carbons (Fsp3) is 0.467. The molecule has 0 atom stereocenters. The van der Waals surface area contributed by atoms with Crippen molar-refractivity contribution < 1.29 is 4.43 Å². The molecule has 2 aromatic carbocycles. The van der Waals surface area contributed by atoms with E-state index in [1.165, 1.54) is 10.4 Å². The zero-order valence-corrected chi connectivity index (χ0v) is 32.1. The first-order chi connectivity index (χ1) is 15.9. The van der Waals surface area contributed by atoms with Crippen LogP contribution in [0, 0.1) is 11.5 Å². The third-order valence-corrected chi connectivity index (χ3v) is 26.1. The second-order valence-corrected chi connectivity index (χ2v) is 51.7. The van der Waals surface area contributed by atoms with E-state index in [0.717, 1.165) is 6.61 Å². The maximum atomic E-state index is 7.47. The third-order valence-electron chi connectivity index (χ3n) is 6.37. The molecule has 0 N–H and O–H groups in total. The molecule has 0 aliphatic carbocycles. The molecule has 0 fully saturated rings. The Morgan fingerprint density at radius 1 is 0.743 bits per heavy atom. The predicted molar refractivity (Wildman–Crippen MR) is 168 cm³/mol. The summed E-state index contributed by atoms with van der Waals surface area (Å²) in [6.07, 6.45) is 0. The summed E-state index contributed by atoms with van der Waals surface area (Å²) in [4.78, 5) is 15.2. The van der Waals surface area contributed by atoms with Crippen molar-refractivity contribution in [3.05, 3.63) is 67.8 Å². The van der Waals surface area contributed by atoms with Gasteiger partial charge in [-0.2, -0.15) is 0 Å². The molecule has 2 rings (SSSR count). The molecule has 0 aliphatic rings. The number of rotatable bonds is 7. The summed E-state index contributed by atoms with van der Waals surface area (Å²) in [5.41, 5.74) is 3.74. The second-order valence-electron chi connectivity index (χ2n) is 13.8. The van der Waals surface area contributed by atoms with Crippen LogP contribution in [0.2, 0.25) is 54.3 Å². The van der Waals surface area contributed by atoms with E-state index in [0.29, 0.717) is 0 Å². The molecule has 0 amide bonds. The van der Waals surface area contributed by atoms with Gasteiger partial charge in [-0.3, -0.25) is 0 Å². The van der Waals surface area contributed by atoms with Gasteiger partial charge in [0, 0.05) is 0 Å². The predicted octanol–water partition coefficient (Wildman–Crippen LogP) is 7.50. The molecule has 190 valence electrons. The van der Waals surface area contributed by atoms with Gasteiger partial charge >= 0.3 is 229 Å². The van der Waals surface area contributed by atoms with Gasteiger partial charge in [-0.05, 0) is 0 Å². The monoisotopic (exact) mass is 720 g/mol.